The van der Waals surface area contributed by atoms with E-state index < -0.39 is 28.9 Å². The molecule has 0 amide bonds. The second-order valence-corrected chi connectivity index (χ2v) is 5.14. The van der Waals surface area contributed by atoms with E-state index in [0.29, 0.717) is 15.2 Å². The maximum atomic E-state index is 13.7. The Kier molecular flexibility index (Phi) is 4.25. The van der Waals surface area contributed by atoms with E-state index in [1.54, 1.807) is 12.1 Å². The van der Waals surface area contributed by atoms with Gasteiger partial charge >= 0.3 is 5.97 Å². The van der Waals surface area contributed by atoms with E-state index in [9.17, 15) is 13.6 Å². The SMILES string of the molecule is O=C(O)c1cc(F)c(Nc2ccc(Br)c(Cl)c2)c(F)c1. The van der Waals surface area contributed by atoms with E-state index in [1.807, 2.05) is 0 Å². The highest BCUT2D eigenvalue weighted by molar-refractivity contribution is 9.10. The molecule has 104 valence electrons. The first-order chi connectivity index (χ1) is 9.38. The Morgan fingerprint density at radius 2 is 1.80 bits per heavy atom. The van der Waals surface area contributed by atoms with E-state index in [-0.39, 0.29) is 0 Å². The van der Waals surface area contributed by atoms with Crippen molar-refractivity contribution in [3.05, 3.63) is 57.0 Å². The fourth-order valence-electron chi connectivity index (χ4n) is 1.53. The molecule has 2 N–H and O–H groups in total. The molecule has 0 heterocycles. The molecular weight excluding hydrogens is 356 g/mol. The quantitative estimate of drug-likeness (QED) is 0.823. The van der Waals surface area contributed by atoms with Crippen molar-refractivity contribution in [2.45, 2.75) is 0 Å². The van der Waals surface area contributed by atoms with Gasteiger partial charge in [0.1, 0.15) is 5.69 Å². The molecule has 7 heteroatoms. The van der Waals surface area contributed by atoms with Gasteiger partial charge in [0.25, 0.3) is 0 Å². The lowest BCUT2D eigenvalue weighted by atomic mass is 10.2. The number of hydrogen-bond donors (Lipinski definition) is 2. The van der Waals surface area contributed by atoms with Gasteiger partial charge < -0.3 is 10.4 Å². The van der Waals surface area contributed by atoms with Crippen molar-refractivity contribution in [2.24, 2.45) is 0 Å². The topological polar surface area (TPSA) is 49.3 Å². The summed E-state index contributed by atoms with van der Waals surface area (Å²) in [6.45, 7) is 0. The predicted octanol–water partition coefficient (Wildman–Crippen LogP) is 4.82. The van der Waals surface area contributed by atoms with Crippen LogP contribution in [0.3, 0.4) is 0 Å². The Labute approximate surface area is 126 Å². The number of carboxylic acid groups (broad SMARTS) is 1. The van der Waals surface area contributed by atoms with Crippen LogP contribution in [0, 0.1) is 11.6 Å². The average molecular weight is 363 g/mol. The lowest BCUT2D eigenvalue weighted by Crippen LogP contribution is -2.03. The smallest absolute Gasteiger partial charge is 0.335 e. The number of halogens is 4. The van der Waals surface area contributed by atoms with Crippen LogP contribution in [0.5, 0.6) is 0 Å². The van der Waals surface area contributed by atoms with Crippen LogP contribution >= 0.6 is 27.5 Å². The zero-order valence-electron chi connectivity index (χ0n) is 9.75. The average Bonchev–Trinajstić information content (AvgIpc) is 2.37. The van der Waals surface area contributed by atoms with Gasteiger partial charge in [-0.15, -0.1) is 0 Å². The third-order valence-electron chi connectivity index (χ3n) is 2.48. The number of hydrogen-bond acceptors (Lipinski definition) is 2. The highest BCUT2D eigenvalue weighted by Crippen LogP contribution is 2.29. The summed E-state index contributed by atoms with van der Waals surface area (Å²) >= 11 is 9.07. The van der Waals surface area contributed by atoms with Crippen molar-refractivity contribution < 1.29 is 18.7 Å². The van der Waals surface area contributed by atoms with Crippen LogP contribution in [0.2, 0.25) is 5.02 Å². The highest BCUT2D eigenvalue weighted by Gasteiger charge is 2.15. The van der Waals surface area contributed by atoms with E-state index in [2.05, 4.69) is 21.2 Å². The Hall–Kier alpha value is -1.66. The molecule has 20 heavy (non-hydrogen) atoms. The van der Waals surface area contributed by atoms with Gasteiger partial charge in [-0.05, 0) is 46.3 Å². The molecule has 0 spiro atoms. The van der Waals surface area contributed by atoms with E-state index in [0.717, 1.165) is 12.1 Å². The Morgan fingerprint density at radius 3 is 2.30 bits per heavy atom. The number of aromatic carboxylic acids is 1. The molecule has 2 aromatic rings. The molecular formula is C13H7BrClF2NO2. The predicted molar refractivity (Wildman–Crippen MR) is 75.8 cm³/mol. The van der Waals surface area contributed by atoms with Gasteiger partial charge in [-0.2, -0.15) is 0 Å². The Balaban J connectivity index is 2.38. The number of benzene rings is 2. The van der Waals surface area contributed by atoms with Gasteiger partial charge in [-0.1, -0.05) is 11.6 Å². The summed E-state index contributed by atoms with van der Waals surface area (Å²) in [6, 6.07) is 6.16. The van der Waals surface area contributed by atoms with Crippen LogP contribution in [0.25, 0.3) is 0 Å². The maximum Gasteiger partial charge on any atom is 0.335 e. The van der Waals surface area contributed by atoms with Crippen LogP contribution in [0.15, 0.2) is 34.8 Å². The van der Waals surface area contributed by atoms with Gasteiger partial charge in [0.2, 0.25) is 0 Å². The number of nitrogens with one attached hydrogen (secondary N) is 1. The van der Waals surface area contributed by atoms with E-state index >= 15 is 0 Å². The summed E-state index contributed by atoms with van der Waals surface area (Å²) < 4.78 is 28.1. The zero-order valence-corrected chi connectivity index (χ0v) is 12.1. The summed E-state index contributed by atoms with van der Waals surface area (Å²) in [5.41, 5.74) is -0.521. The van der Waals surface area contributed by atoms with Gasteiger partial charge in [0.15, 0.2) is 11.6 Å². The molecule has 0 bridgehead atoms. The lowest BCUT2D eigenvalue weighted by Gasteiger charge is -2.10. The Bertz CT molecular complexity index is 671. The van der Waals surface area contributed by atoms with Crippen LogP contribution in [0.4, 0.5) is 20.2 Å². The van der Waals surface area contributed by atoms with Crippen LogP contribution in [-0.2, 0) is 0 Å². The lowest BCUT2D eigenvalue weighted by molar-refractivity contribution is 0.0696. The molecule has 0 aliphatic heterocycles. The maximum absolute atomic E-state index is 13.7. The summed E-state index contributed by atoms with van der Waals surface area (Å²) in [6.07, 6.45) is 0. The first-order valence-corrected chi connectivity index (χ1v) is 6.50. The molecule has 0 aliphatic rings. The van der Waals surface area contributed by atoms with Crippen molar-refractivity contribution in [3.63, 3.8) is 0 Å². The number of carboxylic acids is 1. The highest BCUT2D eigenvalue weighted by atomic mass is 79.9. The summed E-state index contributed by atoms with van der Waals surface area (Å²) in [7, 11) is 0. The van der Waals surface area contributed by atoms with Gasteiger partial charge in [0.05, 0.1) is 10.6 Å². The van der Waals surface area contributed by atoms with E-state index in [1.165, 1.54) is 6.07 Å². The third kappa shape index (κ3) is 3.08. The van der Waals surface area contributed by atoms with Crippen molar-refractivity contribution in [1.82, 2.24) is 0 Å². The van der Waals surface area contributed by atoms with Gasteiger partial charge in [-0.25, -0.2) is 13.6 Å². The summed E-state index contributed by atoms with van der Waals surface area (Å²) in [5.74, 6) is -3.40. The van der Waals surface area contributed by atoms with Crippen molar-refractivity contribution in [1.29, 1.82) is 0 Å². The standard InChI is InChI=1S/C13H7BrClF2NO2/c14-8-2-1-7(5-9(8)15)18-12-10(16)3-6(13(19)20)4-11(12)17/h1-5,18H,(H,19,20). The first kappa shape index (κ1) is 14.7. The second kappa shape index (κ2) is 5.76. The first-order valence-electron chi connectivity index (χ1n) is 5.33. The normalized spacial score (nSPS) is 10.4. The number of anilines is 2. The number of rotatable bonds is 3. The minimum Gasteiger partial charge on any atom is -0.478 e. The summed E-state index contributed by atoms with van der Waals surface area (Å²) in [4.78, 5) is 10.7. The molecule has 2 aromatic carbocycles. The van der Waals surface area contributed by atoms with Crippen LogP contribution in [0.1, 0.15) is 10.4 Å². The second-order valence-electron chi connectivity index (χ2n) is 3.87. The minimum absolute atomic E-state index is 0.373. The molecule has 0 radical (unpaired) electrons. The molecule has 3 nitrogen and oxygen atoms in total. The van der Waals surface area contributed by atoms with Crippen molar-refractivity contribution in [2.75, 3.05) is 5.32 Å². The molecule has 2 rings (SSSR count). The van der Waals surface area contributed by atoms with Gasteiger partial charge in [-0.3, -0.25) is 0 Å². The van der Waals surface area contributed by atoms with Crippen molar-refractivity contribution >= 4 is 44.9 Å². The molecule has 0 fully saturated rings. The molecule has 0 saturated carbocycles. The van der Waals surface area contributed by atoms with Crippen LogP contribution < -0.4 is 5.32 Å². The molecule has 0 atom stereocenters. The summed E-state index contributed by atoms with van der Waals surface area (Å²) in [5, 5.41) is 11.6. The minimum atomic E-state index is -1.40. The van der Waals surface area contributed by atoms with Gasteiger partial charge in [0, 0.05) is 10.2 Å². The Morgan fingerprint density at radius 1 is 1.20 bits per heavy atom. The van der Waals surface area contributed by atoms with Crippen molar-refractivity contribution in [3.8, 4) is 0 Å². The fourth-order valence-corrected chi connectivity index (χ4v) is 1.96. The molecule has 0 aliphatic carbocycles. The third-order valence-corrected chi connectivity index (χ3v) is 3.71. The number of carbonyl (C=O) groups is 1. The molecule has 0 aromatic heterocycles. The van der Waals surface area contributed by atoms with Crippen LogP contribution in [-0.4, -0.2) is 11.1 Å². The largest absolute Gasteiger partial charge is 0.478 e. The fraction of sp³-hybridized carbons (Fsp3) is 0. The van der Waals surface area contributed by atoms with E-state index in [4.69, 9.17) is 16.7 Å². The molecule has 0 unspecified atom stereocenters. The zero-order chi connectivity index (χ0) is 14.9. The monoisotopic (exact) mass is 361 g/mol. The molecule has 0 saturated heterocycles.